The number of hydrogen-bond acceptors (Lipinski definition) is 2. The van der Waals surface area contributed by atoms with Crippen LogP contribution >= 0.6 is 0 Å². The Morgan fingerprint density at radius 2 is 1.89 bits per heavy atom. The summed E-state index contributed by atoms with van der Waals surface area (Å²) >= 11 is 0. The second kappa shape index (κ2) is 6.31. The minimum atomic E-state index is -0.160. The van der Waals surface area contributed by atoms with E-state index in [0.29, 0.717) is 11.5 Å². The molecule has 1 fully saturated rings. The zero-order chi connectivity index (χ0) is 18.5. The summed E-state index contributed by atoms with van der Waals surface area (Å²) in [7, 11) is 0. The first kappa shape index (κ1) is 16.7. The minimum Gasteiger partial charge on any atom is -0.381 e. The van der Waals surface area contributed by atoms with Crippen molar-refractivity contribution in [1.29, 1.82) is 0 Å². The monoisotopic (exact) mass is 362 g/mol. The molecule has 0 spiro atoms. The Morgan fingerprint density at radius 3 is 2.67 bits per heavy atom. The van der Waals surface area contributed by atoms with Gasteiger partial charge in [-0.15, -0.1) is 0 Å². The van der Waals surface area contributed by atoms with Crippen LogP contribution in [0.25, 0.3) is 16.6 Å². The Bertz CT molecular complexity index is 1070. The molecule has 0 bridgehead atoms. The van der Waals surface area contributed by atoms with Crippen LogP contribution in [0.5, 0.6) is 0 Å². The molecular formula is C23H23FN2O. The largest absolute Gasteiger partial charge is 0.381 e. The van der Waals surface area contributed by atoms with Crippen LogP contribution in [0.1, 0.15) is 48.1 Å². The van der Waals surface area contributed by atoms with Gasteiger partial charge in [0.15, 0.2) is 0 Å². The predicted molar refractivity (Wildman–Crippen MR) is 107 cm³/mol. The van der Waals surface area contributed by atoms with Crippen LogP contribution < -0.4 is 0 Å². The zero-order valence-corrected chi connectivity index (χ0v) is 15.8. The molecular weight excluding hydrogens is 339 g/mol. The fourth-order valence-corrected chi connectivity index (χ4v) is 4.43. The normalized spacial score (nSPS) is 17.4. The average molecular weight is 362 g/mol. The van der Waals surface area contributed by atoms with Crippen LogP contribution in [0.2, 0.25) is 0 Å². The van der Waals surface area contributed by atoms with Crippen LogP contribution in [-0.2, 0) is 11.3 Å². The van der Waals surface area contributed by atoms with Crippen molar-refractivity contribution in [2.45, 2.75) is 39.2 Å². The second-order valence-corrected chi connectivity index (χ2v) is 7.69. The van der Waals surface area contributed by atoms with Crippen molar-refractivity contribution in [3.05, 3.63) is 64.6 Å². The molecule has 3 aromatic rings. The fraction of sp³-hybridized carbons (Fsp3) is 0.348. The van der Waals surface area contributed by atoms with E-state index in [1.54, 1.807) is 6.07 Å². The van der Waals surface area contributed by atoms with E-state index in [2.05, 4.69) is 34.7 Å². The van der Waals surface area contributed by atoms with E-state index in [1.165, 1.54) is 27.7 Å². The third-order valence-corrected chi connectivity index (χ3v) is 5.97. The summed E-state index contributed by atoms with van der Waals surface area (Å²) in [5, 5.41) is 1.24. The maximum Gasteiger partial charge on any atom is 0.126 e. The highest BCUT2D eigenvalue weighted by Crippen LogP contribution is 2.36. The minimum absolute atomic E-state index is 0.160. The van der Waals surface area contributed by atoms with Crippen LogP contribution in [0.15, 0.2) is 41.4 Å². The third-order valence-electron chi connectivity index (χ3n) is 5.97. The summed E-state index contributed by atoms with van der Waals surface area (Å²) in [5.41, 5.74) is 7.81. The summed E-state index contributed by atoms with van der Waals surface area (Å²) in [4.78, 5) is 4.59. The number of rotatable bonds is 2. The average Bonchev–Trinajstić information content (AvgIpc) is 3.23. The van der Waals surface area contributed by atoms with Crippen LogP contribution in [0, 0.1) is 12.7 Å². The molecule has 0 amide bonds. The van der Waals surface area contributed by atoms with E-state index >= 15 is 0 Å². The van der Waals surface area contributed by atoms with Crippen molar-refractivity contribution in [3.8, 4) is 5.69 Å². The molecule has 2 aliphatic rings. The van der Waals surface area contributed by atoms with E-state index < -0.39 is 0 Å². The molecule has 2 aliphatic heterocycles. The topological polar surface area (TPSA) is 26.5 Å². The molecule has 1 aromatic heterocycles. The molecule has 27 heavy (non-hydrogen) atoms. The van der Waals surface area contributed by atoms with Crippen LogP contribution in [-0.4, -0.2) is 23.5 Å². The van der Waals surface area contributed by atoms with Crippen molar-refractivity contribution < 1.29 is 9.13 Å². The number of fused-ring (bicyclic) bond motifs is 2. The third kappa shape index (κ3) is 2.71. The van der Waals surface area contributed by atoms with Crippen LogP contribution in [0.3, 0.4) is 0 Å². The molecule has 0 atom stereocenters. The number of aryl methyl sites for hydroxylation is 1. The molecule has 2 aromatic carbocycles. The molecule has 0 saturated carbocycles. The van der Waals surface area contributed by atoms with Gasteiger partial charge in [0.25, 0.3) is 0 Å². The van der Waals surface area contributed by atoms with Gasteiger partial charge in [-0.05, 0) is 74.2 Å². The van der Waals surface area contributed by atoms with Crippen LogP contribution in [0.4, 0.5) is 4.39 Å². The Kier molecular flexibility index (Phi) is 3.90. The quantitative estimate of drug-likeness (QED) is 0.608. The molecule has 0 aliphatic carbocycles. The van der Waals surface area contributed by atoms with Crippen molar-refractivity contribution in [1.82, 2.24) is 4.57 Å². The van der Waals surface area contributed by atoms with Gasteiger partial charge in [-0.1, -0.05) is 0 Å². The van der Waals surface area contributed by atoms with Gasteiger partial charge in [0.05, 0.1) is 12.1 Å². The highest BCUT2D eigenvalue weighted by molar-refractivity contribution is 6.05. The highest BCUT2D eigenvalue weighted by Gasteiger charge is 2.24. The molecule has 0 N–H and O–H groups in total. The maximum atomic E-state index is 13.9. The Hall–Kier alpha value is -2.46. The Morgan fingerprint density at radius 1 is 1.07 bits per heavy atom. The van der Waals surface area contributed by atoms with Crippen molar-refractivity contribution in [3.63, 3.8) is 0 Å². The molecule has 138 valence electrons. The van der Waals surface area contributed by atoms with E-state index in [-0.39, 0.29) is 5.82 Å². The highest BCUT2D eigenvalue weighted by atomic mass is 19.1. The first-order valence-corrected chi connectivity index (χ1v) is 9.66. The van der Waals surface area contributed by atoms with Gasteiger partial charge in [0, 0.05) is 47.2 Å². The van der Waals surface area contributed by atoms with Crippen molar-refractivity contribution in [2.75, 3.05) is 13.2 Å². The smallest absolute Gasteiger partial charge is 0.126 e. The van der Waals surface area contributed by atoms with E-state index in [0.717, 1.165) is 44.0 Å². The molecule has 0 unspecified atom stereocenters. The first-order chi connectivity index (χ1) is 13.1. The van der Waals surface area contributed by atoms with Crippen molar-refractivity contribution in [2.24, 2.45) is 4.99 Å². The number of benzene rings is 2. The molecule has 3 heterocycles. The first-order valence-electron chi connectivity index (χ1n) is 9.66. The summed E-state index contributed by atoms with van der Waals surface area (Å²) < 4.78 is 21.8. The zero-order valence-electron chi connectivity index (χ0n) is 15.8. The number of halogens is 1. The number of nitrogens with zero attached hydrogens (tertiary/aromatic N) is 2. The number of hydrogen-bond donors (Lipinski definition) is 0. The lowest BCUT2D eigenvalue weighted by molar-refractivity contribution is 0.0842. The van der Waals surface area contributed by atoms with Crippen molar-refractivity contribution >= 4 is 16.6 Å². The van der Waals surface area contributed by atoms with Gasteiger partial charge in [0.2, 0.25) is 0 Å². The van der Waals surface area contributed by atoms with Gasteiger partial charge in [-0.2, -0.15) is 0 Å². The van der Waals surface area contributed by atoms with E-state index in [9.17, 15) is 4.39 Å². The molecule has 0 radical (unpaired) electrons. The van der Waals surface area contributed by atoms with E-state index in [4.69, 9.17) is 4.74 Å². The predicted octanol–water partition coefficient (Wildman–Crippen LogP) is 5.29. The summed E-state index contributed by atoms with van der Waals surface area (Å²) in [6, 6.07) is 12.3. The molecule has 1 saturated heterocycles. The SMILES string of the molecule is CC1=NCc2cc3cc(C4CCOCC4)n(-c4ccc(F)c(C)c4)c3cc21. The molecule has 5 rings (SSSR count). The van der Waals surface area contributed by atoms with Gasteiger partial charge >= 0.3 is 0 Å². The summed E-state index contributed by atoms with van der Waals surface area (Å²) in [5.74, 6) is 0.299. The number of aromatic nitrogens is 1. The lowest BCUT2D eigenvalue weighted by Crippen LogP contribution is -2.16. The Labute approximate surface area is 158 Å². The Balaban J connectivity index is 1.77. The standard InChI is InChI=1S/C23H23FN2O/c1-14-9-19(3-4-21(14)24)26-22(16-5-7-27-8-6-16)11-17-10-18-13-25-15(2)20(18)12-23(17)26/h3-4,9-12,16H,5-8,13H2,1-2H3. The number of aliphatic imine (C=N–C) groups is 1. The van der Waals surface area contributed by atoms with Gasteiger partial charge < -0.3 is 9.30 Å². The second-order valence-electron chi connectivity index (χ2n) is 7.69. The van der Waals surface area contributed by atoms with E-state index in [1.807, 2.05) is 19.1 Å². The maximum absolute atomic E-state index is 13.9. The summed E-state index contributed by atoms with van der Waals surface area (Å²) in [6.07, 6.45) is 2.05. The number of ether oxygens (including phenoxy) is 1. The molecule has 3 nitrogen and oxygen atoms in total. The van der Waals surface area contributed by atoms with Gasteiger partial charge in [0.1, 0.15) is 5.82 Å². The fourth-order valence-electron chi connectivity index (χ4n) is 4.43. The molecule has 4 heteroatoms. The lowest BCUT2D eigenvalue weighted by atomic mass is 9.96. The van der Waals surface area contributed by atoms with Gasteiger partial charge in [-0.25, -0.2) is 4.39 Å². The lowest BCUT2D eigenvalue weighted by Gasteiger charge is -2.24. The van der Waals surface area contributed by atoms with Gasteiger partial charge in [-0.3, -0.25) is 4.99 Å². The summed E-state index contributed by atoms with van der Waals surface area (Å²) in [6.45, 7) is 6.28.